The van der Waals surface area contributed by atoms with Gasteiger partial charge in [-0.3, -0.25) is 4.98 Å². The molecule has 4 aromatic heterocycles. The van der Waals surface area contributed by atoms with Crippen LogP contribution in [0.4, 0.5) is 4.79 Å². The number of pyridine rings is 1. The summed E-state index contributed by atoms with van der Waals surface area (Å²) in [6.45, 7) is 8.77. The summed E-state index contributed by atoms with van der Waals surface area (Å²) >= 11 is 1.71. The van der Waals surface area contributed by atoms with Gasteiger partial charge in [0.05, 0.1) is 34.9 Å². The summed E-state index contributed by atoms with van der Waals surface area (Å²) in [5, 5.41) is 4.71. The molecule has 5 rings (SSSR count). The van der Waals surface area contributed by atoms with Gasteiger partial charge in [-0.05, 0) is 51.8 Å². The molecule has 0 saturated carbocycles. The number of amides is 1. The van der Waals surface area contributed by atoms with E-state index in [1.807, 2.05) is 46.2 Å². The smallest absolute Gasteiger partial charge is 0.410 e. The molecule has 0 fully saturated rings. The Kier molecular flexibility index (Phi) is 5.51. The predicted molar refractivity (Wildman–Crippen MR) is 133 cm³/mol. The number of hydrogen-bond donors (Lipinski definition) is 0. The fraction of sp³-hybridized carbons (Fsp3) is 0.360. The van der Waals surface area contributed by atoms with Crippen LogP contribution >= 0.6 is 11.3 Å². The van der Waals surface area contributed by atoms with E-state index in [1.165, 1.54) is 10.5 Å². The third-order valence-electron chi connectivity index (χ3n) is 5.57. The largest absolute Gasteiger partial charge is 0.493 e. The van der Waals surface area contributed by atoms with Crippen LogP contribution in [-0.4, -0.2) is 56.4 Å². The Morgan fingerprint density at radius 1 is 1.21 bits per heavy atom. The van der Waals surface area contributed by atoms with Gasteiger partial charge in [-0.1, -0.05) is 6.08 Å². The fourth-order valence-electron chi connectivity index (χ4n) is 3.96. The molecule has 34 heavy (non-hydrogen) atoms. The molecule has 0 N–H and O–H groups in total. The predicted octanol–water partition coefficient (Wildman–Crippen LogP) is 5.35. The maximum atomic E-state index is 12.3. The molecule has 4 aromatic rings. The number of carbonyl (C=O) groups is 1. The minimum Gasteiger partial charge on any atom is -0.493 e. The first-order valence-electron chi connectivity index (χ1n) is 11.2. The number of methoxy groups -OCH3 is 1. The molecule has 1 aliphatic heterocycles. The summed E-state index contributed by atoms with van der Waals surface area (Å²) in [5.41, 5.74) is 4.96. The lowest BCUT2D eigenvalue weighted by Crippen LogP contribution is -2.39. The average molecular weight is 478 g/mol. The number of ether oxygens (including phenoxy) is 2. The quantitative estimate of drug-likeness (QED) is 0.396. The summed E-state index contributed by atoms with van der Waals surface area (Å²) in [7, 11) is 1.64. The molecule has 0 radical (unpaired) electrons. The molecule has 0 bridgehead atoms. The van der Waals surface area contributed by atoms with E-state index in [0.717, 1.165) is 33.6 Å². The van der Waals surface area contributed by atoms with E-state index < -0.39 is 5.60 Å². The van der Waals surface area contributed by atoms with Crippen molar-refractivity contribution in [1.82, 2.24) is 24.5 Å². The maximum absolute atomic E-state index is 12.3. The maximum Gasteiger partial charge on any atom is 0.410 e. The van der Waals surface area contributed by atoms with Gasteiger partial charge in [0.2, 0.25) is 0 Å². The Hall–Kier alpha value is -3.46. The molecule has 0 aromatic carbocycles. The van der Waals surface area contributed by atoms with E-state index in [2.05, 4.69) is 23.2 Å². The number of rotatable bonds is 3. The van der Waals surface area contributed by atoms with Crippen molar-refractivity contribution in [1.29, 1.82) is 0 Å². The second-order valence-corrected chi connectivity index (χ2v) is 10.5. The normalized spacial score (nSPS) is 14.5. The van der Waals surface area contributed by atoms with E-state index in [0.29, 0.717) is 24.5 Å². The zero-order valence-electron chi connectivity index (χ0n) is 20.0. The summed E-state index contributed by atoms with van der Waals surface area (Å²) in [5.74, 6) is 0.673. The molecule has 0 unspecified atom stereocenters. The van der Waals surface area contributed by atoms with E-state index in [9.17, 15) is 4.79 Å². The number of thiophene rings is 1. The first-order valence-corrected chi connectivity index (χ1v) is 12.0. The number of aromatic nitrogens is 4. The Morgan fingerprint density at radius 2 is 2.03 bits per heavy atom. The standard InChI is InChI=1S/C25H27N5O3S/c1-15-14-30-23(27-15)20(32-5)11-18(28-30)17-10-22-19(26-13-17)12-21(34-22)16-6-8-29(9-7-16)24(31)33-25(2,3)4/h6,10-14H,7-9H2,1-5H3. The zero-order chi connectivity index (χ0) is 24.0. The van der Waals surface area contributed by atoms with Crippen LogP contribution < -0.4 is 4.74 Å². The second-order valence-electron chi connectivity index (χ2n) is 9.37. The van der Waals surface area contributed by atoms with Gasteiger partial charge < -0.3 is 14.4 Å². The van der Waals surface area contributed by atoms with Crippen molar-refractivity contribution in [3.63, 3.8) is 0 Å². The van der Waals surface area contributed by atoms with Crippen molar-refractivity contribution in [3.8, 4) is 17.0 Å². The Balaban J connectivity index is 1.41. The molecule has 9 heteroatoms. The number of fused-ring (bicyclic) bond motifs is 2. The van der Waals surface area contributed by atoms with Crippen LogP contribution in [0.25, 0.3) is 32.7 Å². The van der Waals surface area contributed by atoms with Crippen molar-refractivity contribution in [2.24, 2.45) is 0 Å². The summed E-state index contributed by atoms with van der Waals surface area (Å²) in [4.78, 5) is 24.4. The van der Waals surface area contributed by atoms with Crippen molar-refractivity contribution in [2.45, 2.75) is 39.7 Å². The molecule has 176 valence electrons. The van der Waals surface area contributed by atoms with Crippen LogP contribution in [0.2, 0.25) is 0 Å². The van der Waals surface area contributed by atoms with Gasteiger partial charge in [0.1, 0.15) is 5.60 Å². The number of imidazole rings is 1. The van der Waals surface area contributed by atoms with Crippen molar-refractivity contribution < 1.29 is 14.3 Å². The molecule has 1 aliphatic rings. The Bertz CT molecular complexity index is 1430. The van der Waals surface area contributed by atoms with Crippen molar-refractivity contribution in [3.05, 3.63) is 47.2 Å². The third kappa shape index (κ3) is 4.35. The highest BCUT2D eigenvalue weighted by molar-refractivity contribution is 7.20. The summed E-state index contributed by atoms with van der Waals surface area (Å²) < 4.78 is 13.9. The molecule has 8 nitrogen and oxygen atoms in total. The van der Waals surface area contributed by atoms with Crippen LogP contribution in [0.3, 0.4) is 0 Å². The highest BCUT2D eigenvalue weighted by Crippen LogP contribution is 2.35. The zero-order valence-corrected chi connectivity index (χ0v) is 20.8. The number of carbonyl (C=O) groups excluding carboxylic acids is 1. The van der Waals surface area contributed by atoms with Crippen molar-refractivity contribution >= 4 is 38.9 Å². The molecule has 0 atom stereocenters. The number of aryl methyl sites for hydroxylation is 1. The second kappa shape index (κ2) is 8.39. The van der Waals surface area contributed by atoms with Gasteiger partial charge in [-0.25, -0.2) is 14.3 Å². The molecule has 0 spiro atoms. The van der Waals surface area contributed by atoms with E-state index >= 15 is 0 Å². The van der Waals surface area contributed by atoms with Gasteiger partial charge in [-0.2, -0.15) is 5.10 Å². The van der Waals surface area contributed by atoms with Gasteiger partial charge >= 0.3 is 6.09 Å². The highest BCUT2D eigenvalue weighted by atomic mass is 32.1. The summed E-state index contributed by atoms with van der Waals surface area (Å²) in [6, 6.07) is 6.13. The number of nitrogens with zero attached hydrogens (tertiary/aromatic N) is 5. The average Bonchev–Trinajstić information content (AvgIpc) is 3.39. The minimum atomic E-state index is -0.490. The fourth-order valence-corrected chi connectivity index (χ4v) is 5.08. The van der Waals surface area contributed by atoms with E-state index in [-0.39, 0.29) is 6.09 Å². The Labute approximate surface area is 201 Å². The molecule has 0 aliphatic carbocycles. The first-order chi connectivity index (χ1) is 16.2. The van der Waals surface area contributed by atoms with Gasteiger partial charge in [0.15, 0.2) is 11.4 Å². The third-order valence-corrected chi connectivity index (χ3v) is 6.72. The molecule has 0 saturated heterocycles. The van der Waals surface area contributed by atoms with Gasteiger partial charge in [0.25, 0.3) is 0 Å². The monoisotopic (exact) mass is 477 g/mol. The van der Waals surface area contributed by atoms with Crippen LogP contribution in [0.15, 0.2) is 36.7 Å². The SMILES string of the molecule is COc1cc(-c2cnc3cc(C4=CCN(C(=O)OC(C)(C)C)CC4)sc3c2)nn2cc(C)nc12. The topological polar surface area (TPSA) is 81.8 Å². The molecular weight excluding hydrogens is 450 g/mol. The van der Waals surface area contributed by atoms with Crippen LogP contribution in [0.5, 0.6) is 5.75 Å². The lowest BCUT2D eigenvalue weighted by Gasteiger charge is -2.29. The van der Waals surface area contributed by atoms with E-state index in [4.69, 9.17) is 19.6 Å². The molecule has 5 heterocycles. The summed E-state index contributed by atoms with van der Waals surface area (Å²) in [6.07, 6.45) is 6.36. The highest BCUT2D eigenvalue weighted by Gasteiger charge is 2.24. The minimum absolute atomic E-state index is 0.265. The van der Waals surface area contributed by atoms with Gasteiger partial charge in [0, 0.05) is 35.8 Å². The molecular formula is C25H27N5O3S. The Morgan fingerprint density at radius 3 is 2.74 bits per heavy atom. The van der Waals surface area contributed by atoms with Gasteiger partial charge in [-0.15, -0.1) is 11.3 Å². The lowest BCUT2D eigenvalue weighted by molar-refractivity contribution is 0.0270. The first kappa shape index (κ1) is 22.3. The van der Waals surface area contributed by atoms with Crippen molar-refractivity contribution in [2.75, 3.05) is 20.2 Å². The molecule has 1 amide bonds. The lowest BCUT2D eigenvalue weighted by atomic mass is 10.1. The van der Waals surface area contributed by atoms with Crippen LogP contribution in [0, 0.1) is 6.92 Å². The van der Waals surface area contributed by atoms with Crippen LogP contribution in [0.1, 0.15) is 37.8 Å². The number of hydrogen-bond acceptors (Lipinski definition) is 7. The van der Waals surface area contributed by atoms with Crippen LogP contribution in [-0.2, 0) is 4.74 Å². The van der Waals surface area contributed by atoms with E-state index in [1.54, 1.807) is 27.9 Å².